The molecule has 0 radical (unpaired) electrons. The number of rotatable bonds is 12. The number of amides is 1. The third-order valence-electron chi connectivity index (χ3n) is 6.51. The van der Waals surface area contributed by atoms with E-state index in [1.54, 1.807) is 43.3 Å². The minimum Gasteiger partial charge on any atom is -0.481 e. The monoisotopic (exact) mass is 577 g/mol. The topological polar surface area (TPSA) is 101 Å². The molecule has 3 N–H and O–H groups in total. The number of carboxylic acids is 1. The van der Waals surface area contributed by atoms with Gasteiger partial charge in [-0.3, -0.25) is 9.59 Å². The summed E-state index contributed by atoms with van der Waals surface area (Å²) >= 11 is 6.16. The van der Waals surface area contributed by atoms with Crippen molar-refractivity contribution < 1.29 is 32.6 Å². The van der Waals surface area contributed by atoms with Crippen LogP contribution >= 0.6 is 11.6 Å². The van der Waals surface area contributed by atoms with Crippen molar-refractivity contribution in [1.82, 2.24) is 10.3 Å². The Labute approximate surface area is 235 Å². The summed E-state index contributed by atoms with van der Waals surface area (Å²) in [5, 5.41) is 14.7. The first-order valence-corrected chi connectivity index (χ1v) is 13.1. The van der Waals surface area contributed by atoms with Gasteiger partial charge in [-0.1, -0.05) is 37.9 Å². The van der Waals surface area contributed by atoms with Gasteiger partial charge in [-0.15, -0.1) is 0 Å². The molecule has 7 nitrogen and oxygen atoms in total. The molecule has 214 valence electrons. The van der Waals surface area contributed by atoms with E-state index < -0.39 is 17.7 Å². The smallest absolute Gasteiger partial charge is 0.416 e. The van der Waals surface area contributed by atoms with E-state index in [1.165, 1.54) is 6.07 Å². The molecular formula is C29H31ClF3N3O4. The third kappa shape index (κ3) is 8.35. The van der Waals surface area contributed by atoms with Gasteiger partial charge in [0, 0.05) is 45.7 Å². The van der Waals surface area contributed by atoms with Crippen LogP contribution in [0.15, 0.2) is 54.6 Å². The van der Waals surface area contributed by atoms with Gasteiger partial charge in [0.2, 0.25) is 5.88 Å². The number of nitrogens with one attached hydrogen (secondary N) is 2. The molecular weight excluding hydrogens is 547 g/mol. The Hall–Kier alpha value is -3.79. The Kier molecular flexibility index (Phi) is 10.4. The Morgan fingerprint density at radius 1 is 1.07 bits per heavy atom. The number of benzene rings is 2. The lowest BCUT2D eigenvalue weighted by molar-refractivity contribution is -0.138. The molecule has 0 spiro atoms. The molecule has 3 rings (SSSR count). The van der Waals surface area contributed by atoms with Gasteiger partial charge in [0.25, 0.3) is 5.91 Å². The van der Waals surface area contributed by atoms with Crippen molar-refractivity contribution in [3.63, 3.8) is 0 Å². The highest BCUT2D eigenvalue weighted by molar-refractivity contribution is 6.33. The van der Waals surface area contributed by atoms with Gasteiger partial charge in [-0.05, 0) is 55.3 Å². The van der Waals surface area contributed by atoms with Crippen LogP contribution in [0.4, 0.5) is 18.9 Å². The SMILES string of the molecule is CCC(C)C(COc1ccc(-c2ccc(C(F)(F)F)cc2Cl)c(C)n1)Nc1ccc(C(=O)NCCC(=O)O)cc1. The number of pyridine rings is 1. The van der Waals surface area contributed by atoms with Gasteiger partial charge in [0.05, 0.1) is 18.0 Å². The van der Waals surface area contributed by atoms with Crippen molar-refractivity contribution in [3.05, 3.63) is 76.4 Å². The summed E-state index contributed by atoms with van der Waals surface area (Å²) in [6, 6.07) is 13.4. The lowest BCUT2D eigenvalue weighted by Gasteiger charge is -2.25. The van der Waals surface area contributed by atoms with Crippen molar-refractivity contribution in [2.45, 2.75) is 45.8 Å². The Balaban J connectivity index is 1.66. The summed E-state index contributed by atoms with van der Waals surface area (Å²) in [7, 11) is 0. The highest BCUT2D eigenvalue weighted by Crippen LogP contribution is 2.36. The summed E-state index contributed by atoms with van der Waals surface area (Å²) in [4.78, 5) is 27.3. The lowest BCUT2D eigenvalue weighted by Crippen LogP contribution is -2.33. The van der Waals surface area contributed by atoms with Gasteiger partial charge in [0.1, 0.15) is 6.61 Å². The number of anilines is 1. The number of nitrogens with zero attached hydrogens (tertiary/aromatic N) is 1. The van der Waals surface area contributed by atoms with E-state index in [1.807, 2.05) is 0 Å². The second-order valence-corrected chi connectivity index (χ2v) is 9.81. The van der Waals surface area contributed by atoms with Crippen LogP contribution in [0.25, 0.3) is 11.1 Å². The lowest BCUT2D eigenvalue weighted by atomic mass is 9.99. The van der Waals surface area contributed by atoms with Crippen LogP contribution in [-0.2, 0) is 11.0 Å². The molecule has 11 heteroatoms. The van der Waals surface area contributed by atoms with Crippen LogP contribution in [0.2, 0.25) is 5.02 Å². The molecule has 0 saturated heterocycles. The van der Waals surface area contributed by atoms with Crippen molar-refractivity contribution in [2.24, 2.45) is 5.92 Å². The van der Waals surface area contributed by atoms with Crippen LogP contribution in [0.3, 0.4) is 0 Å². The van der Waals surface area contributed by atoms with E-state index in [0.717, 1.165) is 24.2 Å². The second-order valence-electron chi connectivity index (χ2n) is 9.40. The van der Waals surface area contributed by atoms with Gasteiger partial charge >= 0.3 is 12.1 Å². The Bertz CT molecular complexity index is 1330. The second kappa shape index (κ2) is 13.5. The summed E-state index contributed by atoms with van der Waals surface area (Å²) in [6.45, 7) is 6.22. The summed E-state index contributed by atoms with van der Waals surface area (Å²) in [5.74, 6) is -0.738. The number of alkyl halides is 3. The van der Waals surface area contributed by atoms with Gasteiger partial charge in [0.15, 0.2) is 0 Å². The van der Waals surface area contributed by atoms with Crippen molar-refractivity contribution >= 4 is 29.2 Å². The summed E-state index contributed by atoms with van der Waals surface area (Å²) < 4.78 is 45.0. The number of aliphatic carboxylic acids is 1. The van der Waals surface area contributed by atoms with E-state index >= 15 is 0 Å². The molecule has 2 aromatic carbocycles. The molecule has 40 heavy (non-hydrogen) atoms. The molecule has 1 aromatic heterocycles. The maximum atomic E-state index is 13.0. The molecule has 0 aliphatic rings. The summed E-state index contributed by atoms with van der Waals surface area (Å²) in [5.41, 5.74) is 2.00. The van der Waals surface area contributed by atoms with Gasteiger partial charge < -0.3 is 20.5 Å². The van der Waals surface area contributed by atoms with E-state index in [2.05, 4.69) is 29.5 Å². The maximum absolute atomic E-state index is 13.0. The molecule has 2 atom stereocenters. The van der Waals surface area contributed by atoms with E-state index in [4.69, 9.17) is 21.4 Å². The number of carboxylic acid groups (broad SMARTS) is 1. The molecule has 2 unspecified atom stereocenters. The molecule has 3 aromatic rings. The third-order valence-corrected chi connectivity index (χ3v) is 6.82. The molecule has 0 aliphatic heterocycles. The molecule has 0 saturated carbocycles. The first-order chi connectivity index (χ1) is 18.9. The highest BCUT2D eigenvalue weighted by Gasteiger charge is 2.31. The number of carbonyl (C=O) groups is 2. The van der Waals surface area contributed by atoms with Crippen molar-refractivity contribution in [1.29, 1.82) is 0 Å². The molecule has 0 bridgehead atoms. The van der Waals surface area contributed by atoms with Crippen LogP contribution in [0, 0.1) is 12.8 Å². The number of ether oxygens (including phenoxy) is 1. The zero-order valence-electron chi connectivity index (χ0n) is 22.3. The average molecular weight is 578 g/mol. The van der Waals surface area contributed by atoms with Crippen LogP contribution in [0.1, 0.15) is 48.3 Å². The number of carbonyl (C=O) groups excluding carboxylic acids is 1. The van der Waals surface area contributed by atoms with E-state index in [9.17, 15) is 22.8 Å². The predicted octanol–water partition coefficient (Wildman–Crippen LogP) is 6.84. The van der Waals surface area contributed by atoms with Crippen LogP contribution in [0.5, 0.6) is 5.88 Å². The van der Waals surface area contributed by atoms with Gasteiger partial charge in [-0.2, -0.15) is 13.2 Å². The highest BCUT2D eigenvalue weighted by atomic mass is 35.5. The fourth-order valence-corrected chi connectivity index (χ4v) is 4.22. The number of aromatic nitrogens is 1. The number of hydrogen-bond acceptors (Lipinski definition) is 5. The zero-order chi connectivity index (χ0) is 29.4. The largest absolute Gasteiger partial charge is 0.481 e. The maximum Gasteiger partial charge on any atom is 0.416 e. The van der Waals surface area contributed by atoms with E-state index in [-0.39, 0.29) is 35.9 Å². The first kappa shape index (κ1) is 30.7. The first-order valence-electron chi connectivity index (χ1n) is 12.7. The molecule has 0 fully saturated rings. The summed E-state index contributed by atoms with van der Waals surface area (Å²) in [6.07, 6.45) is -3.75. The van der Waals surface area contributed by atoms with Crippen LogP contribution < -0.4 is 15.4 Å². The predicted molar refractivity (Wildman–Crippen MR) is 148 cm³/mol. The Morgan fingerprint density at radius 3 is 2.33 bits per heavy atom. The number of hydrogen-bond donors (Lipinski definition) is 3. The fourth-order valence-electron chi connectivity index (χ4n) is 3.94. The minimum atomic E-state index is -4.48. The standard InChI is InChI=1S/C29H31ClF3N3O4/c1-4-17(2)25(36-21-8-5-19(6-9-21)28(39)34-14-13-27(37)38)16-40-26-12-11-22(18(3)35-26)23-10-7-20(15-24(23)30)29(31,32)33/h5-12,15,17,25,36H,4,13-14,16H2,1-3H3,(H,34,39)(H,37,38). The quantitative estimate of drug-likeness (QED) is 0.218. The minimum absolute atomic E-state index is 0.0156. The number of halogens is 4. The van der Waals surface area contributed by atoms with Crippen molar-refractivity contribution in [2.75, 3.05) is 18.5 Å². The van der Waals surface area contributed by atoms with Gasteiger partial charge in [-0.25, -0.2) is 4.98 Å². The molecule has 0 aliphatic carbocycles. The Morgan fingerprint density at radius 2 is 1.75 bits per heavy atom. The average Bonchev–Trinajstić information content (AvgIpc) is 2.90. The fraction of sp³-hybridized carbons (Fsp3) is 0.345. The molecule has 1 heterocycles. The normalized spacial score (nSPS) is 12.9. The molecule has 1 amide bonds. The van der Waals surface area contributed by atoms with Crippen molar-refractivity contribution in [3.8, 4) is 17.0 Å². The van der Waals surface area contributed by atoms with E-state index in [0.29, 0.717) is 34.9 Å². The zero-order valence-corrected chi connectivity index (χ0v) is 23.1. The van der Waals surface area contributed by atoms with Crippen LogP contribution in [-0.4, -0.2) is 41.2 Å². The number of aryl methyl sites for hydroxylation is 1.